The fourth-order valence-electron chi connectivity index (χ4n) is 2.22. The Kier molecular flexibility index (Phi) is 6.08. The minimum Gasteiger partial charge on any atom is -0.296 e. The molecular formula is C19H13ClN4O3S2. The number of anilines is 1. The lowest BCUT2D eigenvalue weighted by Gasteiger charge is -2.01. The summed E-state index contributed by atoms with van der Waals surface area (Å²) in [5, 5.41) is 19.6. The van der Waals surface area contributed by atoms with Crippen molar-refractivity contribution in [1.29, 1.82) is 5.26 Å². The van der Waals surface area contributed by atoms with Crippen molar-refractivity contribution in [1.82, 2.24) is 10.2 Å². The zero-order valence-electron chi connectivity index (χ0n) is 15.0. The van der Waals surface area contributed by atoms with Crippen molar-refractivity contribution >= 4 is 49.9 Å². The number of carbonyl (C=O) groups is 1. The smallest absolute Gasteiger partial charge is 0.257 e. The van der Waals surface area contributed by atoms with Crippen LogP contribution in [0.25, 0.3) is 6.08 Å². The van der Waals surface area contributed by atoms with E-state index in [9.17, 15) is 18.5 Å². The Morgan fingerprint density at radius 2 is 1.79 bits per heavy atom. The first-order valence-corrected chi connectivity index (χ1v) is 10.8. The molecule has 7 nitrogen and oxygen atoms in total. The molecule has 0 unspecified atom stereocenters. The van der Waals surface area contributed by atoms with Crippen LogP contribution >= 0.6 is 22.9 Å². The highest BCUT2D eigenvalue weighted by atomic mass is 35.5. The van der Waals surface area contributed by atoms with Gasteiger partial charge in [-0.2, -0.15) is 5.26 Å². The maximum absolute atomic E-state index is 12.7. The number of sulfone groups is 1. The number of amides is 1. The third kappa shape index (κ3) is 4.86. The highest BCUT2D eigenvalue weighted by molar-refractivity contribution is 7.97. The van der Waals surface area contributed by atoms with Crippen LogP contribution in [-0.2, 0) is 9.84 Å². The Morgan fingerprint density at radius 1 is 1.14 bits per heavy atom. The van der Waals surface area contributed by atoms with Crippen LogP contribution in [0.2, 0.25) is 5.02 Å². The molecule has 1 amide bonds. The van der Waals surface area contributed by atoms with E-state index in [1.165, 1.54) is 18.2 Å². The second kappa shape index (κ2) is 8.53. The first-order valence-electron chi connectivity index (χ1n) is 8.13. The zero-order chi connectivity index (χ0) is 21.0. The quantitative estimate of drug-likeness (QED) is 0.468. The number of allylic oxidation sites excluding steroid dienone is 1. The van der Waals surface area contributed by atoms with Crippen LogP contribution < -0.4 is 5.32 Å². The number of nitriles is 1. The number of benzene rings is 2. The molecule has 0 aliphatic carbocycles. The lowest BCUT2D eigenvalue weighted by Crippen LogP contribution is -2.11. The molecule has 0 fully saturated rings. The number of halogens is 1. The van der Waals surface area contributed by atoms with Gasteiger partial charge in [0, 0.05) is 10.6 Å². The lowest BCUT2D eigenvalue weighted by atomic mass is 10.1. The summed E-state index contributed by atoms with van der Waals surface area (Å²) in [6.07, 6.45) is 1.27. The Bertz CT molecular complexity index is 1230. The fourth-order valence-corrected chi connectivity index (χ4v) is 4.51. The summed E-state index contributed by atoms with van der Waals surface area (Å²) in [5.74, 6) is -0.488. The molecular weight excluding hydrogens is 432 g/mol. The van der Waals surface area contributed by atoms with Crippen molar-refractivity contribution in [2.45, 2.75) is 11.3 Å². The van der Waals surface area contributed by atoms with Gasteiger partial charge >= 0.3 is 0 Å². The molecule has 29 heavy (non-hydrogen) atoms. The summed E-state index contributed by atoms with van der Waals surface area (Å²) in [6, 6.07) is 14.9. The predicted octanol–water partition coefficient (Wildman–Crippen LogP) is 4.09. The molecule has 0 saturated carbocycles. The molecule has 1 heterocycles. The molecule has 0 aliphatic heterocycles. The molecule has 0 atom stereocenters. The standard InChI is InChI=1S/C19H13ClN4O3S2/c1-12-2-4-13(5-3-12)10-16(11-21)29(26,27)19-24-23-18(28-19)22-17(25)14-6-8-15(20)9-7-14/h2-10H,1H3,(H,22,23,25). The topological polar surface area (TPSA) is 113 Å². The number of nitrogens with one attached hydrogen (secondary N) is 1. The van der Waals surface area contributed by atoms with Crippen molar-refractivity contribution in [2.75, 3.05) is 5.32 Å². The number of aryl methyl sites for hydroxylation is 1. The van der Waals surface area contributed by atoms with Crippen LogP contribution in [0.15, 0.2) is 57.8 Å². The second-order valence-electron chi connectivity index (χ2n) is 5.87. The summed E-state index contributed by atoms with van der Waals surface area (Å²) in [4.78, 5) is 11.7. The van der Waals surface area contributed by atoms with E-state index >= 15 is 0 Å². The van der Waals surface area contributed by atoms with Gasteiger partial charge in [-0.3, -0.25) is 10.1 Å². The molecule has 1 N–H and O–H groups in total. The summed E-state index contributed by atoms with van der Waals surface area (Å²) in [5.41, 5.74) is 1.90. The van der Waals surface area contributed by atoms with E-state index in [-0.39, 0.29) is 9.47 Å². The first kappa shape index (κ1) is 20.7. The van der Waals surface area contributed by atoms with Gasteiger partial charge in [-0.05, 0) is 42.8 Å². The SMILES string of the molecule is Cc1ccc(C=C(C#N)S(=O)(=O)c2nnc(NC(=O)c3ccc(Cl)cc3)s2)cc1. The zero-order valence-corrected chi connectivity index (χ0v) is 17.3. The lowest BCUT2D eigenvalue weighted by molar-refractivity contribution is 0.102. The average molecular weight is 445 g/mol. The third-order valence-electron chi connectivity index (χ3n) is 3.74. The molecule has 1 aromatic heterocycles. The normalized spacial score (nSPS) is 11.7. The van der Waals surface area contributed by atoms with Gasteiger partial charge < -0.3 is 0 Å². The van der Waals surface area contributed by atoms with Crippen LogP contribution in [-0.4, -0.2) is 24.5 Å². The van der Waals surface area contributed by atoms with E-state index in [0.29, 0.717) is 27.5 Å². The first-order chi connectivity index (χ1) is 13.8. The van der Waals surface area contributed by atoms with Gasteiger partial charge in [-0.1, -0.05) is 52.8 Å². The fraction of sp³-hybridized carbons (Fsp3) is 0.0526. The van der Waals surface area contributed by atoms with E-state index in [1.54, 1.807) is 30.3 Å². The van der Waals surface area contributed by atoms with Crippen LogP contribution in [0.5, 0.6) is 0 Å². The number of aromatic nitrogens is 2. The number of rotatable bonds is 5. The van der Waals surface area contributed by atoms with Crippen LogP contribution in [0, 0.1) is 18.3 Å². The molecule has 0 aliphatic rings. The predicted molar refractivity (Wildman–Crippen MR) is 111 cm³/mol. The van der Waals surface area contributed by atoms with Gasteiger partial charge in [0.05, 0.1) is 0 Å². The highest BCUT2D eigenvalue weighted by Gasteiger charge is 2.26. The molecule has 0 bridgehead atoms. The summed E-state index contributed by atoms with van der Waals surface area (Å²) >= 11 is 6.45. The van der Waals surface area contributed by atoms with E-state index in [1.807, 2.05) is 19.1 Å². The number of hydrogen-bond donors (Lipinski definition) is 1. The van der Waals surface area contributed by atoms with E-state index in [4.69, 9.17) is 11.6 Å². The van der Waals surface area contributed by atoms with Gasteiger partial charge in [-0.15, -0.1) is 10.2 Å². The second-order valence-corrected chi connectivity index (χ2v) is 9.37. The molecule has 10 heteroatoms. The molecule has 3 rings (SSSR count). The highest BCUT2D eigenvalue weighted by Crippen LogP contribution is 2.27. The monoisotopic (exact) mass is 444 g/mol. The molecule has 0 saturated heterocycles. The summed E-state index contributed by atoms with van der Waals surface area (Å²) in [7, 11) is -4.17. The summed E-state index contributed by atoms with van der Waals surface area (Å²) < 4.78 is 25.1. The maximum atomic E-state index is 12.7. The average Bonchev–Trinajstić information content (AvgIpc) is 3.17. The summed E-state index contributed by atoms with van der Waals surface area (Å²) in [6.45, 7) is 1.90. The van der Waals surface area contributed by atoms with Gasteiger partial charge in [0.15, 0.2) is 4.91 Å². The van der Waals surface area contributed by atoms with E-state index in [2.05, 4.69) is 15.5 Å². The molecule has 0 radical (unpaired) electrons. The number of carbonyl (C=O) groups excluding carboxylic acids is 1. The molecule has 2 aromatic carbocycles. The van der Waals surface area contributed by atoms with Gasteiger partial charge in [0.25, 0.3) is 5.91 Å². The van der Waals surface area contributed by atoms with Crippen LogP contribution in [0.4, 0.5) is 5.13 Å². The minimum atomic E-state index is -4.17. The van der Waals surface area contributed by atoms with Crippen molar-refractivity contribution in [3.8, 4) is 6.07 Å². The van der Waals surface area contributed by atoms with E-state index < -0.39 is 20.6 Å². The van der Waals surface area contributed by atoms with Gasteiger partial charge in [0.2, 0.25) is 19.3 Å². The maximum Gasteiger partial charge on any atom is 0.257 e. The largest absolute Gasteiger partial charge is 0.296 e. The molecule has 3 aromatic rings. The number of hydrogen-bond acceptors (Lipinski definition) is 7. The molecule has 146 valence electrons. The third-order valence-corrected chi connectivity index (χ3v) is 6.86. The van der Waals surface area contributed by atoms with Crippen molar-refractivity contribution in [2.24, 2.45) is 0 Å². The van der Waals surface area contributed by atoms with Crippen molar-refractivity contribution in [3.63, 3.8) is 0 Å². The Hall–Kier alpha value is -3.06. The molecule has 0 spiro atoms. The Morgan fingerprint density at radius 3 is 2.41 bits per heavy atom. The van der Waals surface area contributed by atoms with Gasteiger partial charge in [-0.25, -0.2) is 8.42 Å². The van der Waals surface area contributed by atoms with Crippen LogP contribution in [0.3, 0.4) is 0 Å². The van der Waals surface area contributed by atoms with Crippen molar-refractivity contribution < 1.29 is 13.2 Å². The number of nitrogens with zero attached hydrogens (tertiary/aromatic N) is 3. The van der Waals surface area contributed by atoms with Crippen molar-refractivity contribution in [3.05, 3.63) is 75.1 Å². The Balaban J connectivity index is 1.83. The minimum absolute atomic E-state index is 0.00356. The van der Waals surface area contributed by atoms with Crippen LogP contribution in [0.1, 0.15) is 21.5 Å². The Labute approximate surface area is 176 Å². The van der Waals surface area contributed by atoms with E-state index in [0.717, 1.165) is 5.56 Å². The van der Waals surface area contributed by atoms with Gasteiger partial charge in [0.1, 0.15) is 6.07 Å².